The summed E-state index contributed by atoms with van der Waals surface area (Å²) in [7, 11) is 5.94. The van der Waals surface area contributed by atoms with Crippen LogP contribution < -0.4 is 15.8 Å². The normalized spacial score (nSPS) is 14.4. The number of amides is 1. The van der Waals surface area contributed by atoms with Gasteiger partial charge in [0.05, 0.1) is 5.52 Å². The molecule has 1 saturated heterocycles. The third-order valence-electron chi connectivity index (χ3n) is 7.03. The lowest BCUT2D eigenvalue weighted by Gasteiger charge is -2.34. The van der Waals surface area contributed by atoms with E-state index in [1.807, 2.05) is 31.1 Å². The standard InChI is InChI=1S/C28H33FN8O2/c1-18-15-20(28(39)30-9-10-34(2)3)16-22(29)27(18)37-24(38)17-23-26(33-37)25(32-31-23)19-5-7-21(8-6-19)36-13-11-35(4)12-14-36/h5-8,15-17,31H,9-14H2,1-4H3,(H,30,39). The molecule has 10 nitrogen and oxygen atoms in total. The van der Waals surface area contributed by atoms with Gasteiger partial charge in [0.15, 0.2) is 0 Å². The molecule has 204 valence electrons. The molecule has 0 saturated carbocycles. The van der Waals surface area contributed by atoms with Crippen molar-refractivity contribution < 1.29 is 9.18 Å². The molecule has 0 spiro atoms. The summed E-state index contributed by atoms with van der Waals surface area (Å²) in [6.07, 6.45) is 0. The Bertz CT molecular complexity index is 1530. The van der Waals surface area contributed by atoms with Gasteiger partial charge in [0.25, 0.3) is 11.5 Å². The minimum Gasteiger partial charge on any atom is -0.369 e. The van der Waals surface area contributed by atoms with Gasteiger partial charge in [-0.15, -0.1) is 0 Å². The third kappa shape index (κ3) is 5.55. The van der Waals surface area contributed by atoms with Crippen molar-refractivity contribution in [2.75, 3.05) is 65.3 Å². The number of fused-ring (bicyclic) bond motifs is 1. The van der Waals surface area contributed by atoms with Gasteiger partial charge in [0.1, 0.15) is 22.7 Å². The largest absolute Gasteiger partial charge is 0.369 e. The molecule has 0 unspecified atom stereocenters. The van der Waals surface area contributed by atoms with Gasteiger partial charge >= 0.3 is 0 Å². The van der Waals surface area contributed by atoms with Crippen molar-refractivity contribution in [2.45, 2.75) is 6.92 Å². The molecular weight excluding hydrogens is 499 g/mol. The molecule has 0 aliphatic carbocycles. The fourth-order valence-corrected chi connectivity index (χ4v) is 4.77. The van der Waals surface area contributed by atoms with Crippen LogP contribution in [0.1, 0.15) is 15.9 Å². The lowest BCUT2D eigenvalue weighted by molar-refractivity contribution is 0.0950. The maximum atomic E-state index is 15.4. The zero-order valence-corrected chi connectivity index (χ0v) is 22.7. The highest BCUT2D eigenvalue weighted by Gasteiger charge is 2.20. The number of aryl methyl sites for hydroxylation is 1. The predicted octanol–water partition coefficient (Wildman–Crippen LogP) is 2.27. The quantitative estimate of drug-likeness (QED) is 0.377. The Morgan fingerprint density at radius 2 is 1.82 bits per heavy atom. The Labute approximate surface area is 226 Å². The molecule has 1 amide bonds. The summed E-state index contributed by atoms with van der Waals surface area (Å²) >= 11 is 0. The second-order valence-electron chi connectivity index (χ2n) is 10.2. The predicted molar refractivity (Wildman–Crippen MR) is 150 cm³/mol. The zero-order valence-electron chi connectivity index (χ0n) is 22.7. The lowest BCUT2D eigenvalue weighted by Crippen LogP contribution is -2.44. The highest BCUT2D eigenvalue weighted by molar-refractivity contribution is 5.94. The van der Waals surface area contributed by atoms with Gasteiger partial charge in [-0.2, -0.15) is 14.9 Å². The number of aromatic nitrogens is 4. The van der Waals surface area contributed by atoms with Crippen LogP contribution in [0.5, 0.6) is 0 Å². The number of benzene rings is 2. The van der Waals surface area contributed by atoms with E-state index < -0.39 is 11.4 Å². The van der Waals surface area contributed by atoms with Crippen molar-refractivity contribution >= 4 is 22.6 Å². The first-order chi connectivity index (χ1) is 18.7. The summed E-state index contributed by atoms with van der Waals surface area (Å²) in [4.78, 5) is 32.1. The van der Waals surface area contributed by atoms with E-state index in [4.69, 9.17) is 0 Å². The van der Waals surface area contributed by atoms with Crippen molar-refractivity contribution in [1.82, 2.24) is 35.1 Å². The molecule has 11 heteroatoms. The average Bonchev–Trinajstić information content (AvgIpc) is 3.31. The second-order valence-corrected chi connectivity index (χ2v) is 10.2. The summed E-state index contributed by atoms with van der Waals surface area (Å²) in [5.74, 6) is -1.08. The summed E-state index contributed by atoms with van der Waals surface area (Å²) in [5, 5.41) is 14.6. The lowest BCUT2D eigenvalue weighted by atomic mass is 10.1. The molecule has 2 N–H and O–H groups in total. The van der Waals surface area contributed by atoms with E-state index in [0.717, 1.165) is 48.2 Å². The Balaban J connectivity index is 1.45. The molecular formula is C28H33FN8O2. The van der Waals surface area contributed by atoms with Crippen LogP contribution in [0.3, 0.4) is 0 Å². The fourth-order valence-electron chi connectivity index (χ4n) is 4.77. The van der Waals surface area contributed by atoms with Crippen LogP contribution in [0, 0.1) is 12.7 Å². The topological polar surface area (TPSA) is 102 Å². The molecule has 3 heterocycles. The number of halogens is 1. The van der Waals surface area contributed by atoms with Gasteiger partial charge < -0.3 is 20.0 Å². The van der Waals surface area contributed by atoms with Gasteiger partial charge in [-0.3, -0.25) is 14.7 Å². The third-order valence-corrected chi connectivity index (χ3v) is 7.03. The van der Waals surface area contributed by atoms with Crippen LogP contribution in [0.15, 0.2) is 47.3 Å². The van der Waals surface area contributed by atoms with Gasteiger partial charge in [-0.05, 0) is 57.9 Å². The maximum absolute atomic E-state index is 15.4. The Morgan fingerprint density at radius 1 is 1.10 bits per heavy atom. The molecule has 0 radical (unpaired) electrons. The first kappa shape index (κ1) is 26.5. The molecule has 5 rings (SSSR count). The second kappa shape index (κ2) is 11.0. The Morgan fingerprint density at radius 3 is 2.49 bits per heavy atom. The highest BCUT2D eigenvalue weighted by atomic mass is 19.1. The van der Waals surface area contributed by atoms with Crippen LogP contribution >= 0.6 is 0 Å². The molecule has 1 aliphatic rings. The van der Waals surface area contributed by atoms with Gasteiger partial charge in [0, 0.05) is 62.1 Å². The Hall–Kier alpha value is -4.09. The number of hydrogen-bond acceptors (Lipinski definition) is 7. The van der Waals surface area contributed by atoms with Crippen LogP contribution in [-0.2, 0) is 0 Å². The minimum atomic E-state index is -0.705. The van der Waals surface area contributed by atoms with Crippen molar-refractivity contribution in [1.29, 1.82) is 0 Å². The summed E-state index contributed by atoms with van der Waals surface area (Å²) < 4.78 is 16.4. The van der Waals surface area contributed by atoms with Crippen molar-refractivity contribution in [3.63, 3.8) is 0 Å². The summed E-state index contributed by atoms with van der Waals surface area (Å²) in [6, 6.07) is 12.1. The van der Waals surface area contributed by atoms with Gasteiger partial charge in [-0.25, -0.2) is 4.39 Å². The first-order valence-corrected chi connectivity index (χ1v) is 13.0. The van der Waals surface area contributed by atoms with Crippen molar-refractivity contribution in [3.8, 4) is 16.9 Å². The molecule has 1 aliphatic heterocycles. The average molecular weight is 533 g/mol. The van der Waals surface area contributed by atoms with E-state index in [9.17, 15) is 9.59 Å². The Kier molecular flexibility index (Phi) is 7.45. The highest BCUT2D eigenvalue weighted by Crippen LogP contribution is 2.27. The first-order valence-electron chi connectivity index (χ1n) is 13.0. The molecule has 0 bridgehead atoms. The number of carbonyl (C=O) groups excluding carboxylic acids is 1. The molecule has 1 fully saturated rings. The maximum Gasteiger partial charge on any atom is 0.273 e. The van der Waals surface area contributed by atoms with Crippen molar-refractivity contribution in [2.24, 2.45) is 0 Å². The van der Waals surface area contributed by atoms with E-state index in [2.05, 4.69) is 49.6 Å². The van der Waals surface area contributed by atoms with Gasteiger partial charge in [-0.1, -0.05) is 12.1 Å². The monoisotopic (exact) mass is 532 g/mol. The molecule has 0 atom stereocenters. The number of hydrogen-bond donors (Lipinski definition) is 2. The molecule has 2 aromatic heterocycles. The number of piperazine rings is 1. The number of nitrogens with one attached hydrogen (secondary N) is 2. The van der Waals surface area contributed by atoms with Crippen molar-refractivity contribution in [3.05, 3.63) is 69.8 Å². The summed E-state index contributed by atoms with van der Waals surface area (Å²) in [6.45, 7) is 6.73. The van der Waals surface area contributed by atoms with Crippen LogP contribution in [0.2, 0.25) is 0 Å². The van der Waals surface area contributed by atoms with E-state index in [0.29, 0.717) is 35.4 Å². The molecule has 2 aromatic carbocycles. The number of carbonyl (C=O) groups is 1. The summed E-state index contributed by atoms with van der Waals surface area (Å²) in [5.41, 5.74) is 3.56. The smallest absolute Gasteiger partial charge is 0.273 e. The minimum absolute atomic E-state index is 0.00399. The molecule has 4 aromatic rings. The number of likely N-dealkylation sites (N-methyl/N-ethyl adjacent to an activating group) is 2. The fraction of sp³-hybridized carbons (Fsp3) is 0.357. The van der Waals surface area contributed by atoms with Crippen LogP contribution in [0.4, 0.5) is 10.1 Å². The number of aromatic amines is 1. The SMILES string of the molecule is Cc1cc(C(=O)NCCN(C)C)cc(F)c1-n1nc2c(-c3ccc(N4CCN(C)CC4)cc3)n[nH]c2cc1=O. The van der Waals surface area contributed by atoms with E-state index >= 15 is 4.39 Å². The van der Waals surface area contributed by atoms with Crippen LogP contribution in [0.25, 0.3) is 28.0 Å². The van der Waals surface area contributed by atoms with E-state index in [1.165, 1.54) is 6.07 Å². The number of H-pyrrole nitrogens is 1. The zero-order chi connectivity index (χ0) is 27.7. The van der Waals surface area contributed by atoms with E-state index in [1.54, 1.807) is 13.0 Å². The molecule has 39 heavy (non-hydrogen) atoms. The number of rotatable bonds is 7. The number of anilines is 1. The van der Waals surface area contributed by atoms with Crippen LogP contribution in [-0.4, -0.2) is 96.1 Å². The number of nitrogens with zero attached hydrogens (tertiary/aromatic N) is 6. The van der Waals surface area contributed by atoms with E-state index in [-0.39, 0.29) is 17.2 Å². The van der Waals surface area contributed by atoms with Gasteiger partial charge in [0.2, 0.25) is 0 Å².